The summed E-state index contributed by atoms with van der Waals surface area (Å²) in [6.07, 6.45) is 7.00. The number of nitrogen functional groups attached to an aromatic ring is 2. The molecule has 0 fully saturated rings. The summed E-state index contributed by atoms with van der Waals surface area (Å²) >= 11 is 0. The molecule has 0 amide bonds. The van der Waals surface area contributed by atoms with Crippen LogP contribution in [0.4, 0.5) is 11.4 Å². The number of hydrogen-bond acceptors (Lipinski definition) is 4. The maximum atomic E-state index is 10.1. The first-order chi connectivity index (χ1) is 9.57. The van der Waals surface area contributed by atoms with Gasteiger partial charge in [0, 0.05) is 4.57 Å². The molecular weight excluding hydrogens is 275 g/mol. The van der Waals surface area contributed by atoms with Crippen molar-refractivity contribution >= 4 is 19.6 Å². The van der Waals surface area contributed by atoms with Gasteiger partial charge in [0.05, 0.1) is 11.4 Å². The lowest BCUT2D eigenvalue weighted by atomic mass is 10.1. The van der Waals surface area contributed by atoms with E-state index in [-0.39, 0.29) is 0 Å². The van der Waals surface area contributed by atoms with Gasteiger partial charge in [-0.1, -0.05) is 51.2 Å². The highest BCUT2D eigenvalue weighted by Gasteiger charge is 2.09. The summed E-state index contributed by atoms with van der Waals surface area (Å²) in [6.45, 7) is 2.59. The van der Waals surface area contributed by atoms with Crippen molar-refractivity contribution in [3.8, 4) is 0 Å². The molecule has 0 saturated heterocycles. The Morgan fingerprint density at radius 1 is 1.05 bits per heavy atom. The lowest BCUT2D eigenvalue weighted by molar-refractivity contribution is 0.273. The van der Waals surface area contributed by atoms with Crippen LogP contribution >= 0.6 is 8.25 Å². The minimum atomic E-state index is -2.38. The second-order valence-electron chi connectivity index (χ2n) is 4.47. The molecule has 0 aliphatic carbocycles. The number of nitrogens with two attached hydrogens (primary N) is 2. The Hall–Kier alpha value is -1.16. The topological polar surface area (TPSA) is 98.6 Å². The fourth-order valence-corrected chi connectivity index (χ4v) is 1.82. The van der Waals surface area contributed by atoms with E-state index >= 15 is 0 Å². The Balaban J connectivity index is 0.000000388. The standard InChI is InChI=1S/C8H17O3P.C6H8N2/c1-2-3-4-5-6-7-8-11-12(9)10;7-5-3-1-2-4-6(5)8/h2-8H2,1H3;1-4H,7-8H2/p+1. The molecule has 0 aliphatic rings. The second-order valence-corrected chi connectivity index (χ2v) is 5.20. The quantitative estimate of drug-likeness (QED) is 0.384. The van der Waals surface area contributed by atoms with Gasteiger partial charge in [-0.2, -0.15) is 0 Å². The van der Waals surface area contributed by atoms with Crippen LogP contribution < -0.4 is 11.5 Å². The average molecular weight is 301 g/mol. The van der Waals surface area contributed by atoms with Gasteiger partial charge in [0.25, 0.3) is 0 Å². The maximum absolute atomic E-state index is 10.1. The first kappa shape index (κ1) is 18.8. The van der Waals surface area contributed by atoms with Crippen LogP contribution in [0.3, 0.4) is 0 Å². The Morgan fingerprint density at radius 2 is 1.55 bits per heavy atom. The van der Waals surface area contributed by atoms with Crippen LogP contribution in [0.5, 0.6) is 0 Å². The molecule has 0 bridgehead atoms. The number of rotatable bonds is 8. The van der Waals surface area contributed by atoms with E-state index < -0.39 is 8.25 Å². The van der Waals surface area contributed by atoms with Crippen molar-refractivity contribution in [2.45, 2.75) is 45.4 Å². The molecule has 0 aromatic heterocycles. The summed E-state index contributed by atoms with van der Waals surface area (Å²) in [5, 5.41) is 0. The van der Waals surface area contributed by atoms with E-state index in [4.69, 9.17) is 16.4 Å². The van der Waals surface area contributed by atoms with Gasteiger partial charge in [-0.3, -0.25) is 0 Å². The Labute approximate surface area is 122 Å². The zero-order valence-corrected chi connectivity index (χ0v) is 13.0. The summed E-state index contributed by atoms with van der Waals surface area (Å²) in [6, 6.07) is 7.25. The van der Waals surface area contributed by atoms with E-state index in [1.807, 2.05) is 12.1 Å². The van der Waals surface area contributed by atoms with Gasteiger partial charge in [0.15, 0.2) is 0 Å². The molecule has 0 heterocycles. The van der Waals surface area contributed by atoms with Crippen LogP contribution in [0.2, 0.25) is 0 Å². The van der Waals surface area contributed by atoms with Crippen LogP contribution in [-0.2, 0) is 9.09 Å². The van der Waals surface area contributed by atoms with Crippen LogP contribution in [0, 0.1) is 0 Å². The molecule has 1 atom stereocenters. The molecule has 0 radical (unpaired) electrons. The van der Waals surface area contributed by atoms with E-state index in [0.717, 1.165) is 12.8 Å². The molecule has 6 heteroatoms. The van der Waals surface area contributed by atoms with Crippen molar-refractivity contribution in [2.75, 3.05) is 18.1 Å². The van der Waals surface area contributed by atoms with Gasteiger partial charge >= 0.3 is 8.25 Å². The molecule has 0 saturated carbocycles. The summed E-state index contributed by atoms with van der Waals surface area (Å²) in [5.74, 6) is 0. The first-order valence-corrected chi connectivity index (χ1v) is 8.10. The van der Waals surface area contributed by atoms with Crippen LogP contribution in [-0.4, -0.2) is 11.5 Å². The fourth-order valence-electron chi connectivity index (χ4n) is 1.54. The normalized spacial score (nSPS) is 10.6. The highest BCUT2D eigenvalue weighted by atomic mass is 31.1. The molecule has 5 nitrogen and oxygen atoms in total. The summed E-state index contributed by atoms with van der Waals surface area (Å²) in [5.41, 5.74) is 12.1. The molecule has 5 N–H and O–H groups in total. The van der Waals surface area contributed by atoms with E-state index in [2.05, 4.69) is 11.4 Å². The number of benzene rings is 1. The SMILES string of the molecule is CCCCCCCCO[P+](=O)O.Nc1ccccc1N. The van der Waals surface area contributed by atoms with E-state index in [1.54, 1.807) is 12.1 Å². The van der Waals surface area contributed by atoms with Crippen molar-refractivity contribution in [2.24, 2.45) is 0 Å². The maximum Gasteiger partial charge on any atom is 0.694 e. The summed E-state index contributed by atoms with van der Waals surface area (Å²) in [4.78, 5) is 8.28. The molecule has 20 heavy (non-hydrogen) atoms. The van der Waals surface area contributed by atoms with Crippen LogP contribution in [0.25, 0.3) is 0 Å². The Kier molecular flexibility index (Phi) is 12.1. The van der Waals surface area contributed by atoms with Crippen molar-refractivity contribution in [3.63, 3.8) is 0 Å². The van der Waals surface area contributed by atoms with E-state index in [1.165, 1.54) is 25.7 Å². The molecule has 1 aromatic carbocycles. The van der Waals surface area contributed by atoms with Crippen molar-refractivity contribution < 1.29 is 14.0 Å². The van der Waals surface area contributed by atoms with Gasteiger partial charge in [0.1, 0.15) is 6.61 Å². The average Bonchev–Trinajstić information content (AvgIpc) is 2.42. The van der Waals surface area contributed by atoms with Crippen LogP contribution in [0.15, 0.2) is 24.3 Å². The second kappa shape index (κ2) is 12.9. The molecule has 114 valence electrons. The van der Waals surface area contributed by atoms with E-state index in [9.17, 15) is 4.57 Å². The minimum Gasteiger partial charge on any atom is -0.397 e. The third kappa shape index (κ3) is 11.9. The highest BCUT2D eigenvalue weighted by molar-refractivity contribution is 7.32. The minimum absolute atomic E-state index is 0.415. The van der Waals surface area contributed by atoms with Gasteiger partial charge in [-0.25, -0.2) is 0 Å². The summed E-state index contributed by atoms with van der Waals surface area (Å²) in [7, 11) is -2.38. The summed E-state index contributed by atoms with van der Waals surface area (Å²) < 4.78 is 14.6. The zero-order chi connectivity index (χ0) is 15.2. The third-order valence-corrected chi connectivity index (χ3v) is 3.10. The molecule has 1 aromatic rings. The molecule has 0 spiro atoms. The largest absolute Gasteiger partial charge is 0.694 e. The predicted octanol–water partition coefficient (Wildman–Crippen LogP) is 3.86. The zero-order valence-electron chi connectivity index (χ0n) is 12.1. The monoisotopic (exact) mass is 301 g/mol. The van der Waals surface area contributed by atoms with Crippen molar-refractivity contribution in [1.82, 2.24) is 0 Å². The number of unbranched alkanes of at least 4 members (excludes halogenated alkanes) is 5. The van der Waals surface area contributed by atoms with Crippen molar-refractivity contribution in [1.29, 1.82) is 0 Å². The lowest BCUT2D eigenvalue weighted by Crippen LogP contribution is -1.91. The number of anilines is 2. The molecular formula is C14H26N2O3P+. The van der Waals surface area contributed by atoms with E-state index in [0.29, 0.717) is 18.0 Å². The third-order valence-electron chi connectivity index (χ3n) is 2.70. The number of para-hydroxylation sites is 2. The fraction of sp³-hybridized carbons (Fsp3) is 0.571. The molecule has 1 unspecified atom stereocenters. The highest BCUT2D eigenvalue weighted by Crippen LogP contribution is 2.15. The van der Waals surface area contributed by atoms with Gasteiger partial charge < -0.3 is 11.5 Å². The molecule has 1 rings (SSSR count). The predicted molar refractivity (Wildman–Crippen MR) is 84.4 cm³/mol. The number of hydrogen-bond donors (Lipinski definition) is 3. The van der Waals surface area contributed by atoms with Gasteiger partial charge in [0.2, 0.25) is 0 Å². The van der Waals surface area contributed by atoms with Crippen LogP contribution in [0.1, 0.15) is 45.4 Å². The first-order valence-electron chi connectivity index (χ1n) is 6.97. The lowest BCUT2D eigenvalue weighted by Gasteiger charge is -1.96. The van der Waals surface area contributed by atoms with Gasteiger partial charge in [-0.15, -0.1) is 9.42 Å². The molecule has 0 aliphatic heterocycles. The van der Waals surface area contributed by atoms with Gasteiger partial charge in [-0.05, 0) is 18.6 Å². The smallest absolute Gasteiger partial charge is 0.397 e. The van der Waals surface area contributed by atoms with Crippen molar-refractivity contribution in [3.05, 3.63) is 24.3 Å². The Morgan fingerprint density at radius 3 is 2.00 bits per heavy atom. The Bertz CT molecular complexity index is 354.